The normalized spacial score (nSPS) is 16.6. The SMILES string of the molecule is CN1CCN(Cc2nc(-c3ccccn3)no2)CC1=O. The van der Waals surface area contributed by atoms with Crippen molar-refractivity contribution >= 4 is 5.91 Å². The van der Waals surface area contributed by atoms with Gasteiger partial charge in [-0.1, -0.05) is 11.2 Å². The molecular formula is C13H15N5O2. The van der Waals surface area contributed by atoms with Crippen molar-refractivity contribution in [3.63, 3.8) is 0 Å². The third kappa shape index (κ3) is 2.67. The van der Waals surface area contributed by atoms with Crippen LogP contribution in [0.25, 0.3) is 11.5 Å². The monoisotopic (exact) mass is 273 g/mol. The van der Waals surface area contributed by atoms with Crippen molar-refractivity contribution in [3.05, 3.63) is 30.3 Å². The molecule has 0 aromatic carbocycles. The van der Waals surface area contributed by atoms with Crippen LogP contribution in [0.15, 0.2) is 28.9 Å². The maximum atomic E-state index is 11.6. The van der Waals surface area contributed by atoms with Crippen LogP contribution >= 0.6 is 0 Å². The van der Waals surface area contributed by atoms with E-state index in [-0.39, 0.29) is 5.91 Å². The molecule has 0 spiro atoms. The molecule has 1 aliphatic heterocycles. The van der Waals surface area contributed by atoms with Gasteiger partial charge in [0.2, 0.25) is 17.6 Å². The van der Waals surface area contributed by atoms with E-state index in [1.165, 1.54) is 0 Å². The molecule has 7 nitrogen and oxygen atoms in total. The first-order chi connectivity index (χ1) is 9.72. The zero-order chi connectivity index (χ0) is 13.9. The molecule has 1 amide bonds. The third-order valence-corrected chi connectivity index (χ3v) is 3.26. The lowest BCUT2D eigenvalue weighted by Crippen LogP contribution is -2.48. The molecule has 0 N–H and O–H groups in total. The molecule has 7 heteroatoms. The van der Waals surface area contributed by atoms with E-state index in [1.807, 2.05) is 30.1 Å². The van der Waals surface area contributed by atoms with Gasteiger partial charge >= 0.3 is 0 Å². The Morgan fingerprint density at radius 1 is 1.35 bits per heavy atom. The van der Waals surface area contributed by atoms with Crippen LogP contribution < -0.4 is 0 Å². The molecule has 2 aromatic heterocycles. The predicted molar refractivity (Wildman–Crippen MR) is 70.4 cm³/mol. The van der Waals surface area contributed by atoms with E-state index in [2.05, 4.69) is 15.1 Å². The van der Waals surface area contributed by atoms with Crippen LogP contribution in [0.5, 0.6) is 0 Å². The van der Waals surface area contributed by atoms with Crippen molar-refractivity contribution in [1.29, 1.82) is 0 Å². The standard InChI is InChI=1S/C13H15N5O2/c1-17-6-7-18(9-12(17)19)8-11-15-13(16-20-11)10-4-2-3-5-14-10/h2-5H,6-9H2,1H3. The molecule has 0 saturated carbocycles. The highest BCUT2D eigenvalue weighted by Crippen LogP contribution is 2.13. The Morgan fingerprint density at radius 2 is 2.25 bits per heavy atom. The second-order valence-electron chi connectivity index (χ2n) is 4.75. The number of amides is 1. The van der Waals surface area contributed by atoms with Gasteiger partial charge in [0.05, 0.1) is 13.1 Å². The van der Waals surface area contributed by atoms with Crippen LogP contribution in [-0.2, 0) is 11.3 Å². The fourth-order valence-corrected chi connectivity index (χ4v) is 2.05. The van der Waals surface area contributed by atoms with E-state index < -0.39 is 0 Å². The summed E-state index contributed by atoms with van der Waals surface area (Å²) in [5, 5.41) is 3.92. The minimum absolute atomic E-state index is 0.112. The maximum absolute atomic E-state index is 11.6. The lowest BCUT2D eigenvalue weighted by atomic mass is 10.3. The quantitative estimate of drug-likeness (QED) is 0.806. The molecule has 20 heavy (non-hydrogen) atoms. The Bertz CT molecular complexity index is 598. The summed E-state index contributed by atoms with van der Waals surface area (Å²) >= 11 is 0. The number of nitrogens with zero attached hydrogens (tertiary/aromatic N) is 5. The average molecular weight is 273 g/mol. The second-order valence-corrected chi connectivity index (χ2v) is 4.75. The van der Waals surface area contributed by atoms with Crippen LogP contribution in [0, 0.1) is 0 Å². The Hall–Kier alpha value is -2.28. The number of hydrogen-bond donors (Lipinski definition) is 0. The van der Waals surface area contributed by atoms with Gasteiger partial charge in [0.1, 0.15) is 5.69 Å². The van der Waals surface area contributed by atoms with Gasteiger partial charge in [0.15, 0.2) is 0 Å². The first kappa shape index (κ1) is 12.7. The van der Waals surface area contributed by atoms with Crippen LogP contribution in [0.4, 0.5) is 0 Å². The average Bonchev–Trinajstić information content (AvgIpc) is 2.92. The van der Waals surface area contributed by atoms with Gasteiger partial charge in [-0.25, -0.2) is 0 Å². The Labute approximate surface area is 116 Å². The molecule has 1 fully saturated rings. The third-order valence-electron chi connectivity index (χ3n) is 3.26. The van der Waals surface area contributed by atoms with E-state index in [9.17, 15) is 4.79 Å². The van der Waals surface area contributed by atoms with E-state index >= 15 is 0 Å². The number of hydrogen-bond acceptors (Lipinski definition) is 6. The Kier molecular flexibility index (Phi) is 3.42. The topological polar surface area (TPSA) is 75.4 Å². The smallest absolute Gasteiger partial charge is 0.241 e. The number of pyridine rings is 1. The minimum Gasteiger partial charge on any atom is -0.343 e. The number of aromatic nitrogens is 3. The molecule has 1 saturated heterocycles. The first-order valence-electron chi connectivity index (χ1n) is 6.42. The fourth-order valence-electron chi connectivity index (χ4n) is 2.05. The van der Waals surface area contributed by atoms with E-state index in [0.29, 0.717) is 30.5 Å². The number of carbonyl (C=O) groups is 1. The van der Waals surface area contributed by atoms with Gasteiger partial charge in [0, 0.05) is 26.3 Å². The van der Waals surface area contributed by atoms with Crippen molar-refractivity contribution in [1.82, 2.24) is 24.9 Å². The van der Waals surface area contributed by atoms with Gasteiger partial charge in [-0.15, -0.1) is 0 Å². The molecule has 3 heterocycles. The van der Waals surface area contributed by atoms with Crippen LogP contribution in [0.2, 0.25) is 0 Å². The lowest BCUT2D eigenvalue weighted by Gasteiger charge is -2.30. The van der Waals surface area contributed by atoms with Gasteiger partial charge in [-0.3, -0.25) is 14.7 Å². The molecule has 0 atom stereocenters. The van der Waals surface area contributed by atoms with Crippen LogP contribution in [-0.4, -0.2) is 57.5 Å². The number of rotatable bonds is 3. The fraction of sp³-hybridized carbons (Fsp3) is 0.385. The largest absolute Gasteiger partial charge is 0.343 e. The molecule has 0 unspecified atom stereocenters. The summed E-state index contributed by atoms with van der Waals surface area (Å²) < 4.78 is 5.22. The molecule has 0 aliphatic carbocycles. The van der Waals surface area contributed by atoms with E-state index in [1.54, 1.807) is 11.1 Å². The van der Waals surface area contributed by atoms with Crippen LogP contribution in [0.1, 0.15) is 5.89 Å². The number of carbonyl (C=O) groups excluding carboxylic acids is 1. The lowest BCUT2D eigenvalue weighted by molar-refractivity contribution is -0.134. The van der Waals surface area contributed by atoms with Crippen molar-refractivity contribution in [3.8, 4) is 11.5 Å². The molecule has 104 valence electrons. The van der Waals surface area contributed by atoms with Crippen molar-refractivity contribution in [2.24, 2.45) is 0 Å². The Balaban J connectivity index is 1.67. The molecule has 0 radical (unpaired) electrons. The molecule has 2 aromatic rings. The molecule has 1 aliphatic rings. The van der Waals surface area contributed by atoms with Crippen molar-refractivity contribution < 1.29 is 9.32 Å². The number of likely N-dealkylation sites (N-methyl/N-ethyl adjacent to an activating group) is 1. The molecular weight excluding hydrogens is 258 g/mol. The summed E-state index contributed by atoms with van der Waals surface area (Å²) in [5.74, 6) is 1.09. The summed E-state index contributed by atoms with van der Waals surface area (Å²) in [5.41, 5.74) is 0.678. The van der Waals surface area contributed by atoms with E-state index in [0.717, 1.165) is 13.1 Å². The number of piperazine rings is 1. The maximum Gasteiger partial charge on any atom is 0.241 e. The van der Waals surface area contributed by atoms with Crippen LogP contribution in [0.3, 0.4) is 0 Å². The highest BCUT2D eigenvalue weighted by molar-refractivity contribution is 5.78. The highest BCUT2D eigenvalue weighted by atomic mass is 16.5. The summed E-state index contributed by atoms with van der Waals surface area (Å²) in [6.07, 6.45) is 1.69. The summed E-state index contributed by atoms with van der Waals surface area (Å²) in [6.45, 7) is 2.40. The minimum atomic E-state index is 0.112. The van der Waals surface area contributed by atoms with Gasteiger partial charge < -0.3 is 9.42 Å². The van der Waals surface area contributed by atoms with Gasteiger partial charge in [0.25, 0.3) is 0 Å². The molecule has 0 bridgehead atoms. The highest BCUT2D eigenvalue weighted by Gasteiger charge is 2.22. The van der Waals surface area contributed by atoms with Crippen molar-refractivity contribution in [2.75, 3.05) is 26.7 Å². The zero-order valence-corrected chi connectivity index (χ0v) is 11.2. The van der Waals surface area contributed by atoms with E-state index in [4.69, 9.17) is 4.52 Å². The van der Waals surface area contributed by atoms with Gasteiger partial charge in [-0.05, 0) is 12.1 Å². The molecule has 3 rings (SSSR count). The Morgan fingerprint density at radius 3 is 3.00 bits per heavy atom. The summed E-state index contributed by atoms with van der Waals surface area (Å²) in [4.78, 5) is 23.8. The van der Waals surface area contributed by atoms with Crippen molar-refractivity contribution in [2.45, 2.75) is 6.54 Å². The predicted octanol–water partition coefficient (Wildman–Crippen LogP) is 0.406. The summed E-state index contributed by atoms with van der Waals surface area (Å²) in [6, 6.07) is 5.53. The van der Waals surface area contributed by atoms with Gasteiger partial charge in [-0.2, -0.15) is 4.98 Å². The zero-order valence-electron chi connectivity index (χ0n) is 11.2. The second kappa shape index (κ2) is 5.38. The summed E-state index contributed by atoms with van der Waals surface area (Å²) in [7, 11) is 1.81. The first-order valence-corrected chi connectivity index (χ1v) is 6.42.